The number of rotatable bonds is 6. The number of hydrogen-bond acceptors (Lipinski definition) is 3. The average Bonchev–Trinajstić information content (AvgIpc) is 2.96. The van der Waals surface area contributed by atoms with Gasteiger partial charge in [-0.25, -0.2) is 0 Å². The Hall–Kier alpha value is -0.900. The summed E-state index contributed by atoms with van der Waals surface area (Å²) in [6.07, 6.45) is 7.26. The molecule has 1 saturated carbocycles. The quantitative estimate of drug-likeness (QED) is 0.860. The molecule has 19 heavy (non-hydrogen) atoms. The van der Waals surface area contributed by atoms with Crippen molar-refractivity contribution in [2.75, 3.05) is 0 Å². The zero-order valence-electron chi connectivity index (χ0n) is 12.5. The third-order valence-electron chi connectivity index (χ3n) is 4.25. The fourth-order valence-electron chi connectivity index (χ4n) is 3.66. The van der Waals surface area contributed by atoms with Crippen LogP contribution in [0.3, 0.4) is 0 Å². The van der Waals surface area contributed by atoms with E-state index < -0.39 is 0 Å². The maximum Gasteiger partial charge on any atom is 0.158 e. The van der Waals surface area contributed by atoms with Crippen LogP contribution >= 0.6 is 0 Å². The van der Waals surface area contributed by atoms with Gasteiger partial charge in [0.25, 0.3) is 0 Å². The number of aliphatic hydroxyl groups excluding tert-OH is 1. The second kappa shape index (κ2) is 6.04. The first-order valence-corrected chi connectivity index (χ1v) is 7.66. The molecule has 1 aromatic rings. The molecule has 1 aromatic heterocycles. The lowest BCUT2D eigenvalue weighted by atomic mass is 9.77. The minimum Gasteiger partial charge on any atom is -0.388 e. The Balaban J connectivity index is 2.38. The highest BCUT2D eigenvalue weighted by Gasteiger charge is 2.40. The van der Waals surface area contributed by atoms with Crippen LogP contribution in [-0.4, -0.2) is 19.9 Å². The summed E-state index contributed by atoms with van der Waals surface area (Å²) in [4.78, 5) is 0. The van der Waals surface area contributed by atoms with Crippen molar-refractivity contribution in [1.82, 2.24) is 14.8 Å². The van der Waals surface area contributed by atoms with Gasteiger partial charge < -0.3 is 9.67 Å². The highest BCUT2D eigenvalue weighted by atomic mass is 16.3. The SMILES string of the molecule is CCCn1c(CO)nnc1C1(CC(C)C)CCCC1. The monoisotopic (exact) mass is 265 g/mol. The third-order valence-corrected chi connectivity index (χ3v) is 4.25. The summed E-state index contributed by atoms with van der Waals surface area (Å²) in [5, 5.41) is 18.1. The summed E-state index contributed by atoms with van der Waals surface area (Å²) in [7, 11) is 0. The van der Waals surface area contributed by atoms with Crippen molar-refractivity contribution in [3.05, 3.63) is 11.6 Å². The summed E-state index contributed by atoms with van der Waals surface area (Å²) in [5.74, 6) is 2.53. The highest BCUT2D eigenvalue weighted by Crippen LogP contribution is 2.45. The molecule has 0 aliphatic heterocycles. The first-order valence-electron chi connectivity index (χ1n) is 7.66. The molecule has 0 aromatic carbocycles. The summed E-state index contributed by atoms with van der Waals surface area (Å²) in [5.41, 5.74) is 0.198. The zero-order valence-corrected chi connectivity index (χ0v) is 12.5. The smallest absolute Gasteiger partial charge is 0.158 e. The molecular weight excluding hydrogens is 238 g/mol. The molecule has 1 N–H and O–H groups in total. The molecule has 1 aliphatic carbocycles. The van der Waals surface area contributed by atoms with Gasteiger partial charge in [0.1, 0.15) is 12.4 Å². The van der Waals surface area contributed by atoms with Gasteiger partial charge in [-0.05, 0) is 31.6 Å². The van der Waals surface area contributed by atoms with E-state index in [1.807, 2.05) is 0 Å². The fourth-order valence-corrected chi connectivity index (χ4v) is 3.66. The largest absolute Gasteiger partial charge is 0.388 e. The molecule has 1 aliphatic rings. The standard InChI is InChI=1S/C15H27N3O/c1-4-9-18-13(11-19)16-17-14(18)15(10-12(2)3)7-5-6-8-15/h12,19H,4-11H2,1-3H3. The van der Waals surface area contributed by atoms with E-state index in [2.05, 4.69) is 35.5 Å². The van der Waals surface area contributed by atoms with Crippen molar-refractivity contribution < 1.29 is 5.11 Å². The van der Waals surface area contributed by atoms with Gasteiger partial charge in [-0.1, -0.05) is 33.6 Å². The molecule has 0 atom stereocenters. The fraction of sp³-hybridized carbons (Fsp3) is 0.867. The van der Waals surface area contributed by atoms with Crippen LogP contribution in [0, 0.1) is 5.92 Å². The normalized spacial score (nSPS) is 18.4. The van der Waals surface area contributed by atoms with Gasteiger partial charge in [0.05, 0.1) is 0 Å². The van der Waals surface area contributed by atoms with Gasteiger partial charge in [-0.2, -0.15) is 0 Å². The number of nitrogens with zero attached hydrogens (tertiary/aromatic N) is 3. The maximum absolute atomic E-state index is 9.44. The summed E-state index contributed by atoms with van der Waals surface area (Å²) < 4.78 is 2.17. The minimum absolute atomic E-state index is 0.00917. The molecule has 0 radical (unpaired) electrons. The average molecular weight is 265 g/mol. The van der Waals surface area contributed by atoms with Crippen LogP contribution in [0.1, 0.15) is 70.9 Å². The molecule has 0 saturated heterocycles. The molecule has 0 amide bonds. The Morgan fingerprint density at radius 3 is 2.47 bits per heavy atom. The van der Waals surface area contributed by atoms with E-state index in [1.54, 1.807) is 0 Å². The topological polar surface area (TPSA) is 50.9 Å². The zero-order chi connectivity index (χ0) is 13.9. The van der Waals surface area contributed by atoms with E-state index in [1.165, 1.54) is 32.1 Å². The van der Waals surface area contributed by atoms with Crippen LogP contribution < -0.4 is 0 Å². The van der Waals surface area contributed by atoms with E-state index in [0.717, 1.165) is 24.6 Å². The third kappa shape index (κ3) is 2.83. The van der Waals surface area contributed by atoms with Gasteiger partial charge >= 0.3 is 0 Å². The van der Waals surface area contributed by atoms with E-state index in [-0.39, 0.29) is 12.0 Å². The molecule has 108 valence electrons. The molecule has 0 bridgehead atoms. The van der Waals surface area contributed by atoms with Crippen molar-refractivity contribution in [2.45, 2.75) is 77.9 Å². The second-order valence-electron chi connectivity index (χ2n) is 6.33. The lowest BCUT2D eigenvalue weighted by molar-refractivity contribution is 0.260. The molecule has 0 unspecified atom stereocenters. The molecule has 4 nitrogen and oxygen atoms in total. The van der Waals surface area contributed by atoms with Crippen molar-refractivity contribution >= 4 is 0 Å². The Kier molecular flexibility index (Phi) is 4.61. The Bertz CT molecular complexity index is 406. The molecule has 1 fully saturated rings. The van der Waals surface area contributed by atoms with E-state index >= 15 is 0 Å². The first-order chi connectivity index (χ1) is 9.13. The molecule has 4 heteroatoms. The predicted octanol–water partition coefficient (Wildman–Crippen LogP) is 3.04. The number of aliphatic hydroxyl groups is 1. The van der Waals surface area contributed by atoms with Crippen molar-refractivity contribution in [3.63, 3.8) is 0 Å². The Labute approximate surface area is 116 Å². The minimum atomic E-state index is -0.00917. The van der Waals surface area contributed by atoms with Crippen LogP contribution in [0.4, 0.5) is 0 Å². The van der Waals surface area contributed by atoms with Gasteiger partial charge in [-0.15, -0.1) is 10.2 Å². The van der Waals surface area contributed by atoms with Crippen LogP contribution in [0.5, 0.6) is 0 Å². The van der Waals surface area contributed by atoms with Crippen molar-refractivity contribution in [2.24, 2.45) is 5.92 Å². The van der Waals surface area contributed by atoms with Gasteiger partial charge in [0.2, 0.25) is 0 Å². The molecule has 0 spiro atoms. The van der Waals surface area contributed by atoms with Crippen LogP contribution in [-0.2, 0) is 18.6 Å². The summed E-state index contributed by atoms with van der Waals surface area (Å²) >= 11 is 0. The lowest BCUT2D eigenvalue weighted by Crippen LogP contribution is -2.29. The number of hydrogen-bond donors (Lipinski definition) is 1. The predicted molar refractivity (Wildman–Crippen MR) is 75.8 cm³/mol. The Morgan fingerprint density at radius 2 is 1.95 bits per heavy atom. The molecular formula is C15H27N3O. The van der Waals surface area contributed by atoms with E-state index in [4.69, 9.17) is 0 Å². The highest BCUT2D eigenvalue weighted by molar-refractivity contribution is 5.13. The second-order valence-corrected chi connectivity index (χ2v) is 6.33. The van der Waals surface area contributed by atoms with Crippen molar-refractivity contribution in [3.8, 4) is 0 Å². The van der Waals surface area contributed by atoms with Crippen LogP contribution in [0.25, 0.3) is 0 Å². The summed E-state index contributed by atoms with van der Waals surface area (Å²) in [6, 6.07) is 0. The van der Waals surface area contributed by atoms with Crippen LogP contribution in [0.2, 0.25) is 0 Å². The van der Waals surface area contributed by atoms with Crippen LogP contribution in [0.15, 0.2) is 0 Å². The maximum atomic E-state index is 9.44. The van der Waals surface area contributed by atoms with Crippen molar-refractivity contribution in [1.29, 1.82) is 0 Å². The summed E-state index contributed by atoms with van der Waals surface area (Å²) in [6.45, 7) is 7.64. The van der Waals surface area contributed by atoms with Gasteiger partial charge in [0.15, 0.2) is 5.82 Å². The number of aromatic nitrogens is 3. The van der Waals surface area contributed by atoms with E-state index in [9.17, 15) is 5.11 Å². The van der Waals surface area contributed by atoms with Gasteiger partial charge in [0, 0.05) is 12.0 Å². The van der Waals surface area contributed by atoms with E-state index in [0.29, 0.717) is 5.92 Å². The molecule has 2 rings (SSSR count). The first kappa shape index (κ1) is 14.5. The molecule has 1 heterocycles. The Morgan fingerprint density at radius 1 is 1.26 bits per heavy atom. The lowest BCUT2D eigenvalue weighted by Gasteiger charge is -2.30. The van der Waals surface area contributed by atoms with Gasteiger partial charge in [-0.3, -0.25) is 0 Å².